The fraction of sp³-hybridized carbons (Fsp3) is 0.250. The second-order valence-corrected chi connectivity index (χ2v) is 5.62. The van der Waals surface area contributed by atoms with E-state index in [2.05, 4.69) is 5.32 Å². The fourth-order valence-electron chi connectivity index (χ4n) is 2.03. The van der Waals surface area contributed by atoms with E-state index in [1.807, 2.05) is 16.8 Å². The van der Waals surface area contributed by atoms with Crippen LogP contribution in [0.5, 0.6) is 0 Å². The second-order valence-electron chi connectivity index (χ2n) is 4.84. The second kappa shape index (κ2) is 7.17. The van der Waals surface area contributed by atoms with E-state index in [0.29, 0.717) is 11.1 Å². The molecule has 1 N–H and O–H groups in total. The molecule has 0 saturated carbocycles. The normalized spacial score (nSPS) is 11.8. The summed E-state index contributed by atoms with van der Waals surface area (Å²) in [5, 5.41) is 6.39. The predicted octanol–water partition coefficient (Wildman–Crippen LogP) is 2.77. The number of amides is 1. The third-order valence-electron chi connectivity index (χ3n) is 3.20. The molecule has 22 heavy (non-hydrogen) atoms. The number of carbonyl (C=O) groups is 2. The van der Waals surface area contributed by atoms with Crippen LogP contribution in [0.2, 0.25) is 0 Å². The van der Waals surface area contributed by atoms with Gasteiger partial charge in [0.2, 0.25) is 5.91 Å². The fourth-order valence-corrected chi connectivity index (χ4v) is 2.70. The number of benzene rings is 1. The summed E-state index contributed by atoms with van der Waals surface area (Å²) in [5.74, 6) is -1.25. The van der Waals surface area contributed by atoms with Gasteiger partial charge in [-0.05, 0) is 46.5 Å². The van der Waals surface area contributed by atoms with Gasteiger partial charge in [0.1, 0.15) is 5.82 Å². The maximum absolute atomic E-state index is 13.4. The van der Waals surface area contributed by atoms with Crippen molar-refractivity contribution in [2.75, 3.05) is 7.11 Å². The zero-order valence-electron chi connectivity index (χ0n) is 12.3. The summed E-state index contributed by atoms with van der Waals surface area (Å²) in [4.78, 5) is 24.0. The van der Waals surface area contributed by atoms with Crippen molar-refractivity contribution >= 4 is 23.2 Å². The molecule has 116 valence electrons. The van der Waals surface area contributed by atoms with Crippen molar-refractivity contribution in [2.45, 2.75) is 19.4 Å². The van der Waals surface area contributed by atoms with Gasteiger partial charge in [-0.25, -0.2) is 9.18 Å². The van der Waals surface area contributed by atoms with Gasteiger partial charge in [0.25, 0.3) is 0 Å². The van der Waals surface area contributed by atoms with Crippen molar-refractivity contribution in [3.05, 3.63) is 57.5 Å². The Morgan fingerprint density at radius 3 is 2.73 bits per heavy atom. The Hall–Kier alpha value is -2.21. The van der Waals surface area contributed by atoms with Crippen molar-refractivity contribution < 1.29 is 18.7 Å². The number of ether oxygens (including phenoxy) is 1. The highest BCUT2D eigenvalue weighted by Gasteiger charge is 2.24. The molecule has 0 saturated heterocycles. The zero-order chi connectivity index (χ0) is 16.1. The molecule has 0 fully saturated rings. The summed E-state index contributed by atoms with van der Waals surface area (Å²) in [6.45, 7) is 1.60. The maximum atomic E-state index is 13.4. The molecule has 0 aliphatic carbocycles. The smallest absolute Gasteiger partial charge is 0.333 e. The number of aryl methyl sites for hydroxylation is 1. The Labute approximate surface area is 131 Å². The summed E-state index contributed by atoms with van der Waals surface area (Å²) in [6, 6.07) is 5.16. The number of esters is 1. The van der Waals surface area contributed by atoms with E-state index in [9.17, 15) is 14.0 Å². The van der Waals surface area contributed by atoms with Crippen molar-refractivity contribution in [3.63, 3.8) is 0 Å². The van der Waals surface area contributed by atoms with E-state index in [1.165, 1.54) is 36.6 Å². The van der Waals surface area contributed by atoms with Gasteiger partial charge in [0, 0.05) is 0 Å². The standard InChI is InChI=1S/C16H16FNO3S/c1-10-7-12(3-4-13(10)17)15(16(20)21-2)18-14(19)8-11-5-6-22-9-11/h3-7,9,15H,8H2,1-2H3,(H,18,19)/t15-/m0/s1. The summed E-state index contributed by atoms with van der Waals surface area (Å²) in [6.07, 6.45) is 0.178. The van der Waals surface area contributed by atoms with Crippen LogP contribution >= 0.6 is 11.3 Å². The van der Waals surface area contributed by atoms with Gasteiger partial charge >= 0.3 is 5.97 Å². The van der Waals surface area contributed by atoms with Gasteiger partial charge in [-0.15, -0.1) is 0 Å². The lowest BCUT2D eigenvalue weighted by Gasteiger charge is -2.17. The lowest BCUT2D eigenvalue weighted by atomic mass is 10.0. The molecule has 0 bridgehead atoms. The highest BCUT2D eigenvalue weighted by Crippen LogP contribution is 2.18. The molecule has 2 aromatic rings. The first-order chi connectivity index (χ1) is 10.5. The summed E-state index contributed by atoms with van der Waals surface area (Å²) in [5.41, 5.74) is 1.77. The van der Waals surface area contributed by atoms with Gasteiger partial charge in [-0.1, -0.05) is 12.1 Å². The highest BCUT2D eigenvalue weighted by atomic mass is 32.1. The third kappa shape index (κ3) is 3.92. The zero-order valence-corrected chi connectivity index (χ0v) is 13.1. The minimum Gasteiger partial charge on any atom is -0.467 e. The molecule has 1 heterocycles. The molecule has 1 amide bonds. The quantitative estimate of drug-likeness (QED) is 0.862. The van der Waals surface area contributed by atoms with E-state index in [4.69, 9.17) is 4.74 Å². The number of nitrogens with one attached hydrogen (secondary N) is 1. The lowest BCUT2D eigenvalue weighted by Crippen LogP contribution is -2.35. The monoisotopic (exact) mass is 321 g/mol. The molecular formula is C16H16FNO3S. The number of hydrogen-bond acceptors (Lipinski definition) is 4. The van der Waals surface area contributed by atoms with Crippen LogP contribution in [0.3, 0.4) is 0 Å². The Morgan fingerprint density at radius 1 is 1.36 bits per heavy atom. The van der Waals surface area contributed by atoms with Gasteiger partial charge in [-0.2, -0.15) is 11.3 Å². The number of carbonyl (C=O) groups excluding carboxylic acids is 2. The molecule has 0 aliphatic rings. The van der Waals surface area contributed by atoms with Crippen molar-refractivity contribution in [1.82, 2.24) is 5.32 Å². The summed E-state index contributed by atoms with van der Waals surface area (Å²) >= 11 is 1.50. The van der Waals surface area contributed by atoms with Crippen LogP contribution in [0.4, 0.5) is 4.39 Å². The number of rotatable bonds is 5. The van der Waals surface area contributed by atoms with Crippen LogP contribution < -0.4 is 5.32 Å². The number of hydrogen-bond donors (Lipinski definition) is 1. The minimum atomic E-state index is -0.949. The number of methoxy groups -OCH3 is 1. The van der Waals surface area contributed by atoms with Gasteiger partial charge < -0.3 is 10.1 Å². The van der Waals surface area contributed by atoms with Crippen LogP contribution in [0.15, 0.2) is 35.0 Å². The van der Waals surface area contributed by atoms with Crippen LogP contribution in [0.25, 0.3) is 0 Å². The van der Waals surface area contributed by atoms with E-state index in [1.54, 1.807) is 6.92 Å². The van der Waals surface area contributed by atoms with Crippen molar-refractivity contribution in [2.24, 2.45) is 0 Å². The molecule has 1 aromatic carbocycles. The third-order valence-corrected chi connectivity index (χ3v) is 3.93. The molecule has 0 aliphatic heterocycles. The van der Waals surface area contributed by atoms with Gasteiger partial charge in [0.15, 0.2) is 6.04 Å². The summed E-state index contributed by atoms with van der Waals surface area (Å²) < 4.78 is 18.1. The molecule has 4 nitrogen and oxygen atoms in total. The SMILES string of the molecule is COC(=O)[C@@H](NC(=O)Cc1ccsc1)c1ccc(F)c(C)c1. The Kier molecular flexibility index (Phi) is 5.27. The van der Waals surface area contributed by atoms with E-state index >= 15 is 0 Å². The van der Waals surface area contributed by atoms with Crippen LogP contribution in [0.1, 0.15) is 22.7 Å². The van der Waals surface area contributed by atoms with Gasteiger partial charge in [0.05, 0.1) is 13.5 Å². The largest absolute Gasteiger partial charge is 0.467 e. The van der Waals surface area contributed by atoms with Crippen LogP contribution in [-0.4, -0.2) is 19.0 Å². The average molecular weight is 321 g/mol. The predicted molar refractivity (Wildman–Crippen MR) is 82.1 cm³/mol. The molecule has 2 rings (SSSR count). The maximum Gasteiger partial charge on any atom is 0.333 e. The molecule has 1 atom stereocenters. The molecule has 0 unspecified atom stereocenters. The summed E-state index contributed by atoms with van der Waals surface area (Å²) in [7, 11) is 1.25. The topological polar surface area (TPSA) is 55.4 Å². The van der Waals surface area contributed by atoms with E-state index < -0.39 is 12.0 Å². The highest BCUT2D eigenvalue weighted by molar-refractivity contribution is 7.08. The van der Waals surface area contributed by atoms with E-state index in [0.717, 1.165) is 5.56 Å². The molecular weight excluding hydrogens is 305 g/mol. The number of thiophene rings is 1. The lowest BCUT2D eigenvalue weighted by molar-refractivity contribution is -0.145. The van der Waals surface area contributed by atoms with Crippen molar-refractivity contribution in [1.29, 1.82) is 0 Å². The van der Waals surface area contributed by atoms with E-state index in [-0.39, 0.29) is 18.1 Å². The van der Waals surface area contributed by atoms with Crippen LogP contribution in [-0.2, 0) is 20.7 Å². The minimum absolute atomic E-state index is 0.178. The molecule has 0 radical (unpaired) electrons. The Bertz CT molecular complexity index is 670. The molecule has 0 spiro atoms. The first-order valence-electron chi connectivity index (χ1n) is 6.65. The molecule has 1 aromatic heterocycles. The first kappa shape index (κ1) is 16.2. The average Bonchev–Trinajstić information content (AvgIpc) is 3.00. The first-order valence-corrected chi connectivity index (χ1v) is 7.60. The Morgan fingerprint density at radius 2 is 2.14 bits per heavy atom. The van der Waals surface area contributed by atoms with Crippen molar-refractivity contribution in [3.8, 4) is 0 Å². The Balaban J connectivity index is 2.17. The number of halogens is 1. The van der Waals surface area contributed by atoms with Crippen LogP contribution in [0, 0.1) is 12.7 Å². The van der Waals surface area contributed by atoms with Gasteiger partial charge in [-0.3, -0.25) is 4.79 Å². The molecule has 6 heteroatoms.